The fourth-order valence-electron chi connectivity index (χ4n) is 2.14. The summed E-state index contributed by atoms with van der Waals surface area (Å²) in [6.45, 7) is 1.95. The maximum atomic E-state index is 11.9. The Morgan fingerprint density at radius 3 is 3.00 bits per heavy atom. The van der Waals surface area contributed by atoms with Gasteiger partial charge in [0.25, 0.3) is 5.91 Å². The van der Waals surface area contributed by atoms with Crippen LogP contribution in [0.4, 0.5) is 5.69 Å². The summed E-state index contributed by atoms with van der Waals surface area (Å²) in [7, 11) is 0. The molecule has 0 radical (unpaired) electrons. The first-order valence-corrected chi connectivity index (χ1v) is 6.25. The number of piperidine rings is 1. The van der Waals surface area contributed by atoms with Crippen molar-refractivity contribution in [3.63, 3.8) is 0 Å². The highest BCUT2D eigenvalue weighted by molar-refractivity contribution is 6.02. The van der Waals surface area contributed by atoms with E-state index in [-0.39, 0.29) is 5.91 Å². The van der Waals surface area contributed by atoms with Gasteiger partial charge in [-0.1, -0.05) is 5.21 Å². The first-order valence-electron chi connectivity index (χ1n) is 6.25. The normalized spacial score (nSPS) is 16.4. The third kappa shape index (κ3) is 2.63. The third-order valence-electron chi connectivity index (χ3n) is 3.18. The zero-order valence-electron chi connectivity index (χ0n) is 10.3. The first-order chi connectivity index (χ1) is 9.33. The summed E-state index contributed by atoms with van der Waals surface area (Å²) in [5.41, 5.74) is 0.932. The predicted octanol–water partition coefficient (Wildman–Crippen LogP) is 0.178. The lowest BCUT2D eigenvalue weighted by Crippen LogP contribution is -2.29. The van der Waals surface area contributed by atoms with E-state index in [1.54, 1.807) is 17.1 Å². The van der Waals surface area contributed by atoms with Crippen LogP contribution in [0.3, 0.4) is 0 Å². The molecule has 1 fully saturated rings. The standard InChI is InChI=1S/C11H15N7O/c19-11(15-8-5-13-14-6-8)10-7-18(17-16-10)9-1-3-12-4-2-9/h5-7,9,12H,1-4H2,(H,13,14)(H,15,19). The lowest BCUT2D eigenvalue weighted by atomic mass is 10.1. The molecule has 0 aromatic carbocycles. The van der Waals surface area contributed by atoms with Crippen molar-refractivity contribution < 1.29 is 4.79 Å². The van der Waals surface area contributed by atoms with E-state index in [4.69, 9.17) is 0 Å². The van der Waals surface area contributed by atoms with Crippen LogP contribution in [0, 0.1) is 0 Å². The van der Waals surface area contributed by atoms with Gasteiger partial charge in [0.2, 0.25) is 0 Å². The molecule has 0 unspecified atom stereocenters. The van der Waals surface area contributed by atoms with Crippen molar-refractivity contribution in [1.29, 1.82) is 0 Å². The fourth-order valence-corrected chi connectivity index (χ4v) is 2.14. The number of rotatable bonds is 3. The number of amides is 1. The fraction of sp³-hybridized carbons (Fsp3) is 0.455. The summed E-state index contributed by atoms with van der Waals surface area (Å²) in [5.74, 6) is -0.276. The van der Waals surface area contributed by atoms with Crippen molar-refractivity contribution in [3.8, 4) is 0 Å². The minimum absolute atomic E-state index is 0.276. The van der Waals surface area contributed by atoms with Gasteiger partial charge in [-0.2, -0.15) is 5.10 Å². The Balaban J connectivity index is 1.68. The number of carbonyl (C=O) groups excluding carboxylic acids is 1. The first kappa shape index (κ1) is 11.8. The number of aromatic nitrogens is 5. The van der Waals surface area contributed by atoms with Crippen molar-refractivity contribution in [2.24, 2.45) is 0 Å². The molecule has 3 N–H and O–H groups in total. The lowest BCUT2D eigenvalue weighted by Gasteiger charge is -2.22. The Morgan fingerprint density at radius 2 is 2.26 bits per heavy atom. The average Bonchev–Trinajstić information content (AvgIpc) is 3.10. The maximum absolute atomic E-state index is 11.9. The second-order valence-corrected chi connectivity index (χ2v) is 4.51. The molecule has 0 spiro atoms. The molecule has 19 heavy (non-hydrogen) atoms. The van der Waals surface area contributed by atoms with Crippen LogP contribution in [-0.4, -0.2) is 44.2 Å². The van der Waals surface area contributed by atoms with E-state index in [1.807, 2.05) is 0 Å². The smallest absolute Gasteiger partial charge is 0.277 e. The quantitative estimate of drug-likeness (QED) is 0.731. The zero-order valence-corrected chi connectivity index (χ0v) is 10.3. The molecule has 3 heterocycles. The SMILES string of the molecule is O=C(Nc1cn[nH]c1)c1cn(C2CCNCC2)nn1. The predicted molar refractivity (Wildman–Crippen MR) is 67.7 cm³/mol. The van der Waals surface area contributed by atoms with E-state index in [2.05, 4.69) is 31.1 Å². The van der Waals surface area contributed by atoms with E-state index in [0.29, 0.717) is 17.4 Å². The van der Waals surface area contributed by atoms with Crippen LogP contribution in [0.1, 0.15) is 29.4 Å². The van der Waals surface area contributed by atoms with Crippen molar-refractivity contribution in [3.05, 3.63) is 24.3 Å². The minimum atomic E-state index is -0.276. The number of hydrogen-bond donors (Lipinski definition) is 3. The maximum Gasteiger partial charge on any atom is 0.277 e. The monoisotopic (exact) mass is 261 g/mol. The molecule has 1 amide bonds. The van der Waals surface area contributed by atoms with Crippen molar-refractivity contribution >= 4 is 11.6 Å². The number of H-pyrrole nitrogens is 1. The Bertz CT molecular complexity index is 541. The summed E-state index contributed by atoms with van der Waals surface area (Å²) < 4.78 is 1.78. The molecule has 1 aliphatic heterocycles. The largest absolute Gasteiger partial charge is 0.318 e. The van der Waals surface area contributed by atoms with Crippen LogP contribution in [0.25, 0.3) is 0 Å². The Hall–Kier alpha value is -2.22. The van der Waals surface area contributed by atoms with Crippen molar-refractivity contribution in [1.82, 2.24) is 30.5 Å². The van der Waals surface area contributed by atoms with E-state index >= 15 is 0 Å². The van der Waals surface area contributed by atoms with Gasteiger partial charge >= 0.3 is 0 Å². The molecule has 0 bridgehead atoms. The van der Waals surface area contributed by atoms with Crippen LogP contribution in [0.15, 0.2) is 18.6 Å². The molecular formula is C11H15N7O. The van der Waals surface area contributed by atoms with E-state index in [9.17, 15) is 4.79 Å². The third-order valence-corrected chi connectivity index (χ3v) is 3.18. The molecule has 2 aromatic rings. The number of anilines is 1. The molecule has 8 heteroatoms. The van der Waals surface area contributed by atoms with Gasteiger partial charge < -0.3 is 10.6 Å². The van der Waals surface area contributed by atoms with Gasteiger partial charge in [-0.05, 0) is 25.9 Å². The molecular weight excluding hydrogens is 246 g/mol. The van der Waals surface area contributed by atoms with Gasteiger partial charge in [0.05, 0.1) is 24.1 Å². The van der Waals surface area contributed by atoms with Gasteiger partial charge in [0, 0.05) is 6.20 Å². The van der Waals surface area contributed by atoms with Crippen LogP contribution in [0.2, 0.25) is 0 Å². The summed E-state index contributed by atoms with van der Waals surface area (Å²) in [5, 5.41) is 20.3. The van der Waals surface area contributed by atoms with Gasteiger partial charge in [-0.3, -0.25) is 9.89 Å². The highest BCUT2D eigenvalue weighted by atomic mass is 16.2. The zero-order chi connectivity index (χ0) is 13.1. The molecule has 3 rings (SSSR count). The molecule has 0 saturated carbocycles. The number of carbonyl (C=O) groups is 1. The topological polar surface area (TPSA) is 101 Å². The van der Waals surface area contributed by atoms with Gasteiger partial charge in [-0.25, -0.2) is 4.68 Å². The van der Waals surface area contributed by atoms with Crippen LogP contribution >= 0.6 is 0 Å². The molecule has 0 atom stereocenters. The highest BCUT2D eigenvalue weighted by Gasteiger charge is 2.18. The van der Waals surface area contributed by atoms with Gasteiger partial charge in [-0.15, -0.1) is 5.10 Å². The molecule has 1 aliphatic rings. The lowest BCUT2D eigenvalue weighted by molar-refractivity contribution is 0.102. The van der Waals surface area contributed by atoms with Gasteiger partial charge in [0.15, 0.2) is 5.69 Å². The summed E-state index contributed by atoms with van der Waals surface area (Å²) in [6, 6.07) is 0.323. The minimum Gasteiger partial charge on any atom is -0.318 e. The van der Waals surface area contributed by atoms with Crippen molar-refractivity contribution in [2.75, 3.05) is 18.4 Å². The van der Waals surface area contributed by atoms with Gasteiger partial charge in [0.1, 0.15) is 0 Å². The Labute approximate surface area is 109 Å². The number of hydrogen-bond acceptors (Lipinski definition) is 5. The van der Waals surface area contributed by atoms with Crippen LogP contribution in [0.5, 0.6) is 0 Å². The van der Waals surface area contributed by atoms with E-state index in [1.165, 1.54) is 6.20 Å². The highest BCUT2D eigenvalue weighted by Crippen LogP contribution is 2.17. The average molecular weight is 261 g/mol. The van der Waals surface area contributed by atoms with E-state index in [0.717, 1.165) is 25.9 Å². The number of nitrogens with zero attached hydrogens (tertiary/aromatic N) is 4. The molecule has 0 aliphatic carbocycles. The molecule has 1 saturated heterocycles. The van der Waals surface area contributed by atoms with Crippen LogP contribution < -0.4 is 10.6 Å². The number of aromatic amines is 1. The molecule has 100 valence electrons. The Morgan fingerprint density at radius 1 is 1.42 bits per heavy atom. The number of nitrogens with one attached hydrogen (secondary N) is 3. The van der Waals surface area contributed by atoms with E-state index < -0.39 is 0 Å². The van der Waals surface area contributed by atoms with Crippen LogP contribution in [-0.2, 0) is 0 Å². The molecule has 8 nitrogen and oxygen atoms in total. The molecule has 2 aromatic heterocycles. The Kier molecular flexibility index (Phi) is 3.23. The van der Waals surface area contributed by atoms with Crippen molar-refractivity contribution in [2.45, 2.75) is 18.9 Å². The second-order valence-electron chi connectivity index (χ2n) is 4.51. The summed E-state index contributed by atoms with van der Waals surface area (Å²) in [4.78, 5) is 11.9. The summed E-state index contributed by atoms with van der Waals surface area (Å²) >= 11 is 0. The summed E-state index contributed by atoms with van der Waals surface area (Å²) in [6.07, 6.45) is 6.86. The second kappa shape index (κ2) is 5.19.